The fraction of sp³-hybridized carbons (Fsp3) is 0.625. The van der Waals surface area contributed by atoms with Crippen LogP contribution >= 0.6 is 0 Å². The smallest absolute Gasteiger partial charge is 0.130 e. The van der Waals surface area contributed by atoms with Crippen molar-refractivity contribution in [2.75, 3.05) is 18.0 Å². The van der Waals surface area contributed by atoms with Crippen LogP contribution in [-0.4, -0.2) is 13.1 Å². The van der Waals surface area contributed by atoms with Crippen LogP contribution in [0.15, 0.2) is 18.2 Å². The van der Waals surface area contributed by atoms with Gasteiger partial charge in [-0.3, -0.25) is 0 Å². The van der Waals surface area contributed by atoms with E-state index in [4.69, 9.17) is 5.73 Å². The van der Waals surface area contributed by atoms with Gasteiger partial charge in [-0.25, -0.2) is 4.39 Å². The van der Waals surface area contributed by atoms with Crippen LogP contribution in [0.4, 0.5) is 10.1 Å². The molecule has 2 N–H and O–H groups in total. The summed E-state index contributed by atoms with van der Waals surface area (Å²) in [5.41, 5.74) is 7.97. The minimum Gasteiger partial charge on any atom is -0.371 e. The highest BCUT2D eigenvalue weighted by atomic mass is 19.1. The summed E-state index contributed by atoms with van der Waals surface area (Å²) in [5, 5.41) is 0. The van der Waals surface area contributed by atoms with Crippen LogP contribution in [0.3, 0.4) is 0 Å². The molecule has 0 radical (unpaired) electrons. The molecule has 2 rings (SSSR count). The van der Waals surface area contributed by atoms with Crippen molar-refractivity contribution in [3.63, 3.8) is 0 Å². The minimum atomic E-state index is -0.271. The first-order chi connectivity index (χ1) is 8.91. The van der Waals surface area contributed by atoms with Gasteiger partial charge in [0.05, 0.1) is 0 Å². The summed E-state index contributed by atoms with van der Waals surface area (Å²) >= 11 is 0. The Balaban J connectivity index is 2.29. The summed E-state index contributed by atoms with van der Waals surface area (Å²) in [4.78, 5) is 2.30. The highest BCUT2D eigenvalue weighted by molar-refractivity contribution is 5.55. The summed E-state index contributed by atoms with van der Waals surface area (Å²) in [6.07, 6.45) is 3.52. The first-order valence-corrected chi connectivity index (χ1v) is 7.20. The maximum Gasteiger partial charge on any atom is 0.130 e. The summed E-state index contributed by atoms with van der Waals surface area (Å²) in [6, 6.07) is 5.02. The molecule has 106 valence electrons. The van der Waals surface area contributed by atoms with E-state index in [-0.39, 0.29) is 11.9 Å². The SMILES string of the molecule is CC(N)c1c(F)cccc1N1CCCC(C)(C)CC1. The van der Waals surface area contributed by atoms with E-state index in [2.05, 4.69) is 18.7 Å². The van der Waals surface area contributed by atoms with E-state index in [1.165, 1.54) is 12.5 Å². The second-order valence-corrected chi connectivity index (χ2v) is 6.47. The predicted molar refractivity (Wildman–Crippen MR) is 78.8 cm³/mol. The Bertz CT molecular complexity index is 440. The second kappa shape index (κ2) is 5.49. The van der Waals surface area contributed by atoms with Gasteiger partial charge in [0, 0.05) is 30.4 Å². The third kappa shape index (κ3) is 3.27. The van der Waals surface area contributed by atoms with E-state index in [0.717, 1.165) is 31.6 Å². The number of hydrogen-bond acceptors (Lipinski definition) is 2. The van der Waals surface area contributed by atoms with Crippen molar-refractivity contribution in [2.24, 2.45) is 11.1 Å². The second-order valence-electron chi connectivity index (χ2n) is 6.47. The quantitative estimate of drug-likeness (QED) is 0.878. The van der Waals surface area contributed by atoms with Crippen LogP contribution in [0.2, 0.25) is 0 Å². The lowest BCUT2D eigenvalue weighted by atomic mass is 9.85. The van der Waals surface area contributed by atoms with Crippen molar-refractivity contribution in [1.82, 2.24) is 0 Å². The molecule has 0 bridgehead atoms. The Kier molecular flexibility index (Phi) is 4.14. The first-order valence-electron chi connectivity index (χ1n) is 7.20. The normalized spacial score (nSPS) is 21.0. The summed E-state index contributed by atoms with van der Waals surface area (Å²) in [7, 11) is 0. The molecule has 1 aromatic carbocycles. The monoisotopic (exact) mass is 264 g/mol. The van der Waals surface area contributed by atoms with Crippen molar-refractivity contribution >= 4 is 5.69 Å². The standard InChI is InChI=1S/C16H25FN2/c1-12(18)15-13(17)6-4-7-14(15)19-10-5-8-16(2,3)9-11-19/h4,6-7,12H,5,8-11,18H2,1-3H3. The van der Waals surface area contributed by atoms with Crippen molar-refractivity contribution in [1.29, 1.82) is 0 Å². The van der Waals surface area contributed by atoms with E-state index in [0.29, 0.717) is 11.0 Å². The molecule has 1 atom stereocenters. The molecular formula is C16H25FN2. The van der Waals surface area contributed by atoms with E-state index < -0.39 is 0 Å². The Morgan fingerprint density at radius 2 is 2.00 bits per heavy atom. The number of hydrogen-bond donors (Lipinski definition) is 1. The van der Waals surface area contributed by atoms with Gasteiger partial charge in [-0.1, -0.05) is 19.9 Å². The van der Waals surface area contributed by atoms with Gasteiger partial charge < -0.3 is 10.6 Å². The van der Waals surface area contributed by atoms with E-state index in [1.807, 2.05) is 13.0 Å². The van der Waals surface area contributed by atoms with Crippen molar-refractivity contribution in [3.8, 4) is 0 Å². The lowest BCUT2D eigenvalue weighted by molar-refractivity contribution is 0.325. The van der Waals surface area contributed by atoms with E-state index in [1.54, 1.807) is 6.07 Å². The van der Waals surface area contributed by atoms with Gasteiger partial charge in [0.1, 0.15) is 5.82 Å². The number of anilines is 1. The van der Waals surface area contributed by atoms with Gasteiger partial charge in [0.15, 0.2) is 0 Å². The van der Waals surface area contributed by atoms with Crippen LogP contribution < -0.4 is 10.6 Å². The fourth-order valence-electron chi connectivity index (χ4n) is 2.92. The largest absolute Gasteiger partial charge is 0.371 e. The van der Waals surface area contributed by atoms with Gasteiger partial charge in [-0.05, 0) is 43.7 Å². The van der Waals surface area contributed by atoms with Gasteiger partial charge in [-0.2, -0.15) is 0 Å². The molecule has 0 amide bonds. The molecule has 1 fully saturated rings. The van der Waals surface area contributed by atoms with Crippen LogP contribution in [0, 0.1) is 11.2 Å². The zero-order chi connectivity index (χ0) is 14.0. The molecule has 2 nitrogen and oxygen atoms in total. The Labute approximate surface area is 115 Å². The van der Waals surface area contributed by atoms with Gasteiger partial charge in [0.2, 0.25) is 0 Å². The predicted octanol–water partition coefficient (Wildman–Crippen LogP) is 3.86. The third-order valence-electron chi connectivity index (χ3n) is 4.17. The maximum absolute atomic E-state index is 14.0. The molecule has 0 aromatic heterocycles. The molecule has 1 unspecified atom stereocenters. The average molecular weight is 264 g/mol. The molecule has 3 heteroatoms. The van der Waals surface area contributed by atoms with Crippen LogP contribution in [0.5, 0.6) is 0 Å². The number of benzene rings is 1. The molecule has 1 aromatic rings. The summed E-state index contributed by atoms with van der Waals surface area (Å²) in [5.74, 6) is -0.184. The average Bonchev–Trinajstić information content (AvgIpc) is 2.49. The Hall–Kier alpha value is -1.09. The highest BCUT2D eigenvalue weighted by Crippen LogP contribution is 2.34. The molecule has 0 aliphatic carbocycles. The fourth-order valence-corrected chi connectivity index (χ4v) is 2.92. The van der Waals surface area contributed by atoms with Crippen molar-refractivity contribution in [2.45, 2.75) is 46.1 Å². The Morgan fingerprint density at radius 1 is 1.26 bits per heavy atom. The Morgan fingerprint density at radius 3 is 2.68 bits per heavy atom. The van der Waals surface area contributed by atoms with Gasteiger partial charge in [-0.15, -0.1) is 0 Å². The van der Waals surface area contributed by atoms with E-state index >= 15 is 0 Å². The van der Waals surface area contributed by atoms with Crippen molar-refractivity contribution in [3.05, 3.63) is 29.6 Å². The lowest BCUT2D eigenvalue weighted by Gasteiger charge is -2.28. The molecule has 1 saturated heterocycles. The zero-order valence-electron chi connectivity index (χ0n) is 12.2. The number of nitrogens with two attached hydrogens (primary N) is 1. The first kappa shape index (κ1) is 14.3. The molecule has 19 heavy (non-hydrogen) atoms. The van der Waals surface area contributed by atoms with Gasteiger partial charge in [0.25, 0.3) is 0 Å². The summed E-state index contributed by atoms with van der Waals surface area (Å²) in [6.45, 7) is 8.45. The van der Waals surface area contributed by atoms with Crippen LogP contribution in [-0.2, 0) is 0 Å². The molecule has 0 saturated carbocycles. The van der Waals surface area contributed by atoms with Crippen LogP contribution in [0.1, 0.15) is 51.6 Å². The minimum absolute atomic E-state index is 0.184. The molecule has 1 aliphatic heterocycles. The van der Waals surface area contributed by atoms with Crippen molar-refractivity contribution < 1.29 is 4.39 Å². The van der Waals surface area contributed by atoms with Gasteiger partial charge >= 0.3 is 0 Å². The summed E-state index contributed by atoms with van der Waals surface area (Å²) < 4.78 is 14.0. The topological polar surface area (TPSA) is 29.3 Å². The number of halogens is 1. The highest BCUT2D eigenvalue weighted by Gasteiger charge is 2.25. The maximum atomic E-state index is 14.0. The number of rotatable bonds is 2. The van der Waals surface area contributed by atoms with Crippen LogP contribution in [0.25, 0.3) is 0 Å². The molecule has 1 heterocycles. The molecule has 0 spiro atoms. The van der Waals surface area contributed by atoms with E-state index in [9.17, 15) is 4.39 Å². The third-order valence-corrected chi connectivity index (χ3v) is 4.17. The zero-order valence-corrected chi connectivity index (χ0v) is 12.2. The molecular weight excluding hydrogens is 239 g/mol. The molecule has 1 aliphatic rings. The number of nitrogens with zero attached hydrogens (tertiary/aromatic N) is 1. The lowest BCUT2D eigenvalue weighted by Crippen LogP contribution is -2.27.